The first-order valence-electron chi connectivity index (χ1n) is 10.3. The van der Waals surface area contributed by atoms with E-state index < -0.39 is 0 Å². The van der Waals surface area contributed by atoms with Crippen molar-refractivity contribution in [3.8, 4) is 0 Å². The molecule has 3 aromatic heterocycles. The highest BCUT2D eigenvalue weighted by Crippen LogP contribution is 2.18. The van der Waals surface area contributed by atoms with Crippen LogP contribution in [0.4, 0.5) is 5.82 Å². The lowest BCUT2D eigenvalue weighted by Crippen LogP contribution is -2.30. The summed E-state index contributed by atoms with van der Waals surface area (Å²) in [6.07, 6.45) is 4.83. The molecule has 166 valence electrons. The van der Waals surface area contributed by atoms with Gasteiger partial charge in [-0.15, -0.1) is 0 Å². The molecule has 0 fully saturated rings. The number of anilines is 1. The van der Waals surface area contributed by atoms with Gasteiger partial charge in [0.1, 0.15) is 12.1 Å². The van der Waals surface area contributed by atoms with E-state index >= 15 is 0 Å². The van der Waals surface area contributed by atoms with E-state index in [4.69, 9.17) is 4.74 Å². The van der Waals surface area contributed by atoms with Crippen molar-refractivity contribution in [2.24, 2.45) is 0 Å². The topological polar surface area (TPSA) is 129 Å². The summed E-state index contributed by atoms with van der Waals surface area (Å²) in [6.45, 7) is 2.29. The lowest BCUT2D eigenvalue weighted by molar-refractivity contribution is -0.121. The molecule has 0 atom stereocenters. The fourth-order valence-corrected chi connectivity index (χ4v) is 3.35. The number of carbonyl (C=O) groups excluding carboxylic acids is 1. The highest BCUT2D eigenvalue weighted by molar-refractivity contribution is 5.86. The van der Waals surface area contributed by atoms with Crippen LogP contribution in [-0.4, -0.2) is 62.0 Å². The van der Waals surface area contributed by atoms with Crippen molar-refractivity contribution >= 4 is 33.7 Å². The van der Waals surface area contributed by atoms with Crippen molar-refractivity contribution in [2.45, 2.75) is 19.5 Å². The van der Waals surface area contributed by atoms with E-state index in [0.717, 1.165) is 5.39 Å². The lowest BCUT2D eigenvalue weighted by Gasteiger charge is -2.09. The minimum atomic E-state index is -0.155. The number of benzene rings is 1. The van der Waals surface area contributed by atoms with E-state index in [-0.39, 0.29) is 24.4 Å². The Balaban J connectivity index is 1.31. The summed E-state index contributed by atoms with van der Waals surface area (Å²) < 4.78 is 8.22. The molecule has 11 nitrogen and oxygen atoms in total. The number of nitrogens with zero attached hydrogens (tertiary/aromatic N) is 6. The standard InChI is InChI=1S/C21H24N8O3/c1-32-11-8-23-19-16-12-27-29(20(16)25-13-24-19)10-7-22-18(30)6-9-28-14-26-17-5-3-2-4-15(17)21(28)31/h2-5,12-14H,6-11H2,1H3,(H,22,30)(H,23,24,25). The number of fused-ring (bicyclic) bond motifs is 2. The smallest absolute Gasteiger partial charge is 0.261 e. The van der Waals surface area contributed by atoms with Crippen LogP contribution in [0.1, 0.15) is 6.42 Å². The minimum Gasteiger partial charge on any atom is -0.383 e. The Kier molecular flexibility index (Phi) is 6.66. The number of ether oxygens (including phenoxy) is 1. The maximum absolute atomic E-state index is 12.5. The van der Waals surface area contributed by atoms with Crippen LogP contribution in [0.25, 0.3) is 21.9 Å². The summed E-state index contributed by atoms with van der Waals surface area (Å²) in [4.78, 5) is 37.6. The van der Waals surface area contributed by atoms with E-state index in [1.165, 1.54) is 17.2 Å². The van der Waals surface area contributed by atoms with E-state index in [9.17, 15) is 9.59 Å². The lowest BCUT2D eigenvalue weighted by atomic mass is 10.2. The number of aryl methyl sites for hydroxylation is 1. The van der Waals surface area contributed by atoms with Crippen LogP contribution in [0, 0.1) is 0 Å². The van der Waals surface area contributed by atoms with Gasteiger partial charge in [0, 0.05) is 33.2 Å². The molecule has 0 aliphatic heterocycles. The van der Waals surface area contributed by atoms with Gasteiger partial charge < -0.3 is 15.4 Å². The second-order valence-electron chi connectivity index (χ2n) is 7.11. The first-order chi connectivity index (χ1) is 15.7. The molecule has 0 aliphatic carbocycles. The summed E-state index contributed by atoms with van der Waals surface area (Å²) in [5.41, 5.74) is 1.18. The summed E-state index contributed by atoms with van der Waals surface area (Å²) in [5, 5.41) is 11.7. The van der Waals surface area contributed by atoms with Gasteiger partial charge in [-0.25, -0.2) is 19.6 Å². The monoisotopic (exact) mass is 436 g/mol. The fourth-order valence-electron chi connectivity index (χ4n) is 3.35. The quantitative estimate of drug-likeness (QED) is 0.349. The van der Waals surface area contributed by atoms with Gasteiger partial charge in [-0.2, -0.15) is 5.10 Å². The third-order valence-corrected chi connectivity index (χ3v) is 4.99. The van der Waals surface area contributed by atoms with Crippen LogP contribution in [0.15, 0.2) is 47.9 Å². The summed E-state index contributed by atoms with van der Waals surface area (Å²) in [7, 11) is 1.64. The molecule has 3 heterocycles. The number of rotatable bonds is 10. The zero-order valence-corrected chi connectivity index (χ0v) is 17.7. The summed E-state index contributed by atoms with van der Waals surface area (Å²) >= 11 is 0. The van der Waals surface area contributed by atoms with Crippen molar-refractivity contribution in [1.82, 2.24) is 34.6 Å². The molecule has 4 rings (SSSR count). The van der Waals surface area contributed by atoms with Crippen LogP contribution in [0.3, 0.4) is 0 Å². The largest absolute Gasteiger partial charge is 0.383 e. The molecule has 1 aromatic carbocycles. The summed E-state index contributed by atoms with van der Waals surface area (Å²) in [5.74, 6) is 0.537. The number of hydrogen-bond acceptors (Lipinski definition) is 8. The normalized spacial score (nSPS) is 11.2. The van der Waals surface area contributed by atoms with Gasteiger partial charge in [0.05, 0.1) is 42.0 Å². The van der Waals surface area contributed by atoms with Crippen LogP contribution >= 0.6 is 0 Å². The van der Waals surface area contributed by atoms with Gasteiger partial charge in [0.25, 0.3) is 5.56 Å². The van der Waals surface area contributed by atoms with E-state index in [1.807, 2.05) is 6.07 Å². The molecule has 2 N–H and O–H groups in total. The van der Waals surface area contributed by atoms with Crippen molar-refractivity contribution in [2.75, 3.05) is 32.1 Å². The van der Waals surface area contributed by atoms with Gasteiger partial charge in [0.2, 0.25) is 5.91 Å². The van der Waals surface area contributed by atoms with Crippen molar-refractivity contribution < 1.29 is 9.53 Å². The highest BCUT2D eigenvalue weighted by Gasteiger charge is 2.10. The van der Waals surface area contributed by atoms with E-state index in [2.05, 4.69) is 30.7 Å². The van der Waals surface area contributed by atoms with Gasteiger partial charge in [-0.1, -0.05) is 12.1 Å². The third-order valence-electron chi connectivity index (χ3n) is 4.99. The van der Waals surface area contributed by atoms with Crippen LogP contribution < -0.4 is 16.2 Å². The minimum absolute atomic E-state index is 0.152. The maximum Gasteiger partial charge on any atom is 0.261 e. The molecule has 11 heteroatoms. The first-order valence-corrected chi connectivity index (χ1v) is 10.3. The Bertz CT molecular complexity index is 1280. The van der Waals surface area contributed by atoms with Gasteiger partial charge in [-0.05, 0) is 12.1 Å². The van der Waals surface area contributed by atoms with Gasteiger partial charge in [-0.3, -0.25) is 14.2 Å². The number of carbonyl (C=O) groups is 1. The van der Waals surface area contributed by atoms with Crippen LogP contribution in [0.2, 0.25) is 0 Å². The molecule has 0 saturated heterocycles. The molecule has 4 aromatic rings. The predicted molar refractivity (Wildman–Crippen MR) is 119 cm³/mol. The van der Waals surface area contributed by atoms with Gasteiger partial charge >= 0.3 is 0 Å². The van der Waals surface area contributed by atoms with Crippen LogP contribution in [-0.2, 0) is 22.6 Å². The Morgan fingerprint density at radius 3 is 2.84 bits per heavy atom. The molecule has 0 aliphatic rings. The Morgan fingerprint density at radius 2 is 1.97 bits per heavy atom. The second kappa shape index (κ2) is 9.96. The summed E-state index contributed by atoms with van der Waals surface area (Å²) in [6, 6.07) is 7.15. The molecule has 0 saturated carbocycles. The molecular formula is C21H24N8O3. The molecule has 0 unspecified atom stereocenters. The Hall–Kier alpha value is -3.86. The average Bonchev–Trinajstić information content (AvgIpc) is 3.23. The SMILES string of the molecule is COCCNc1ncnc2c1cnn2CCNC(=O)CCn1cnc2ccccc2c1=O. The average molecular weight is 436 g/mol. The Morgan fingerprint density at radius 1 is 1.09 bits per heavy atom. The third kappa shape index (κ3) is 4.72. The first kappa shape index (κ1) is 21.4. The van der Waals surface area contributed by atoms with Gasteiger partial charge in [0.15, 0.2) is 5.65 Å². The molecule has 1 amide bonds. The Labute approximate surface area is 183 Å². The molecule has 0 spiro atoms. The van der Waals surface area contributed by atoms with Crippen molar-refractivity contribution in [1.29, 1.82) is 0 Å². The molecule has 32 heavy (non-hydrogen) atoms. The number of amides is 1. The highest BCUT2D eigenvalue weighted by atomic mass is 16.5. The van der Waals surface area contributed by atoms with E-state index in [1.54, 1.807) is 36.2 Å². The molecule has 0 radical (unpaired) electrons. The number of para-hydroxylation sites is 1. The van der Waals surface area contributed by atoms with E-state index in [0.29, 0.717) is 48.6 Å². The number of aromatic nitrogens is 6. The van der Waals surface area contributed by atoms with Crippen molar-refractivity contribution in [3.05, 3.63) is 53.5 Å². The fraction of sp³-hybridized carbons (Fsp3) is 0.333. The zero-order chi connectivity index (χ0) is 22.3. The number of hydrogen-bond donors (Lipinski definition) is 2. The zero-order valence-electron chi connectivity index (χ0n) is 17.7. The molecular weight excluding hydrogens is 412 g/mol. The maximum atomic E-state index is 12.5. The van der Waals surface area contributed by atoms with Crippen LogP contribution in [0.5, 0.6) is 0 Å². The number of nitrogens with one attached hydrogen (secondary N) is 2. The predicted octanol–water partition coefficient (Wildman–Crippen LogP) is 0.801. The number of methoxy groups -OCH3 is 1. The molecule has 0 bridgehead atoms. The van der Waals surface area contributed by atoms with Crippen molar-refractivity contribution in [3.63, 3.8) is 0 Å². The second-order valence-corrected chi connectivity index (χ2v) is 7.11.